The first-order valence-corrected chi connectivity index (χ1v) is 8.55. The molecule has 0 aliphatic heterocycles. The molecule has 0 aromatic carbocycles. The van der Waals surface area contributed by atoms with Crippen LogP contribution >= 0.6 is 0 Å². The van der Waals surface area contributed by atoms with Gasteiger partial charge in [0.25, 0.3) is 0 Å². The maximum atomic E-state index is 11.4. The van der Waals surface area contributed by atoms with E-state index >= 15 is 0 Å². The minimum absolute atomic E-state index is 0.0168. The fourth-order valence-corrected chi connectivity index (χ4v) is 2.66. The van der Waals surface area contributed by atoms with Gasteiger partial charge in [0, 0.05) is 39.3 Å². The molecule has 0 bridgehead atoms. The van der Waals surface area contributed by atoms with Crippen molar-refractivity contribution in [3.8, 4) is 0 Å². The Morgan fingerprint density at radius 2 is 2.09 bits per heavy atom. The predicted molar refractivity (Wildman–Crippen MR) is 90.1 cm³/mol. The van der Waals surface area contributed by atoms with Crippen LogP contribution in [0.3, 0.4) is 0 Å². The van der Waals surface area contributed by atoms with Crippen molar-refractivity contribution >= 4 is 12.2 Å². The predicted octanol–water partition coefficient (Wildman–Crippen LogP) is 2.38. The Morgan fingerprint density at radius 3 is 2.70 bits per heavy atom. The minimum Gasteiger partial charge on any atom is -0.359 e. The van der Waals surface area contributed by atoms with Crippen molar-refractivity contribution in [2.24, 2.45) is 13.0 Å². The third-order valence-corrected chi connectivity index (χ3v) is 4.54. The summed E-state index contributed by atoms with van der Waals surface area (Å²) in [6.45, 7) is 4.47. The molecule has 130 valence electrons. The quantitative estimate of drug-likeness (QED) is 0.635. The van der Waals surface area contributed by atoms with E-state index in [1.165, 1.54) is 12.8 Å². The van der Waals surface area contributed by atoms with Crippen molar-refractivity contribution in [3.05, 3.63) is 11.6 Å². The number of carbonyl (C=O) groups excluding carboxylic acids is 2. The fourth-order valence-electron chi connectivity index (χ4n) is 2.66. The van der Waals surface area contributed by atoms with E-state index in [9.17, 15) is 9.59 Å². The van der Waals surface area contributed by atoms with Crippen LogP contribution in [0.1, 0.15) is 69.9 Å². The number of hydrogen-bond donors (Lipinski definition) is 1. The fraction of sp³-hybridized carbons (Fsp3) is 0.765. The van der Waals surface area contributed by atoms with Gasteiger partial charge in [-0.2, -0.15) is 0 Å². The van der Waals surface area contributed by atoms with E-state index in [1.54, 1.807) is 7.05 Å². The molecule has 2 unspecified atom stereocenters. The van der Waals surface area contributed by atoms with Gasteiger partial charge in [-0.15, -0.1) is 10.2 Å². The molecule has 1 N–H and O–H groups in total. The zero-order valence-electron chi connectivity index (χ0n) is 14.8. The van der Waals surface area contributed by atoms with E-state index in [1.807, 2.05) is 11.6 Å². The molecular formula is C17H30N4O2. The molecule has 1 aromatic rings. The lowest BCUT2D eigenvalue weighted by molar-refractivity contribution is -0.121. The molecule has 1 aromatic heterocycles. The molecule has 1 amide bonds. The van der Waals surface area contributed by atoms with Gasteiger partial charge in [-0.25, -0.2) is 0 Å². The van der Waals surface area contributed by atoms with Gasteiger partial charge in [0.2, 0.25) is 5.91 Å². The van der Waals surface area contributed by atoms with Crippen LogP contribution in [0.2, 0.25) is 0 Å². The summed E-state index contributed by atoms with van der Waals surface area (Å²) < 4.78 is 1.99. The lowest BCUT2D eigenvalue weighted by Crippen LogP contribution is -2.19. The number of aldehydes is 1. The summed E-state index contributed by atoms with van der Waals surface area (Å²) in [6, 6.07) is 0. The zero-order valence-corrected chi connectivity index (χ0v) is 14.8. The average Bonchev–Trinajstić information content (AvgIpc) is 2.91. The third kappa shape index (κ3) is 6.12. The SMILES string of the molecule is CCC(C)CCCc1nnc(C(CC=O)CCC(=O)NC)n1C. The van der Waals surface area contributed by atoms with Gasteiger partial charge in [-0.3, -0.25) is 4.79 Å². The zero-order chi connectivity index (χ0) is 17.2. The number of hydrogen-bond acceptors (Lipinski definition) is 4. The first-order chi connectivity index (χ1) is 11.0. The topological polar surface area (TPSA) is 76.9 Å². The van der Waals surface area contributed by atoms with Crippen molar-refractivity contribution in [2.45, 2.75) is 64.7 Å². The van der Waals surface area contributed by atoms with Gasteiger partial charge >= 0.3 is 0 Å². The van der Waals surface area contributed by atoms with Crippen LogP contribution in [-0.2, 0) is 23.1 Å². The van der Waals surface area contributed by atoms with Crippen LogP contribution in [0.4, 0.5) is 0 Å². The Hall–Kier alpha value is -1.72. The molecule has 0 spiro atoms. The van der Waals surface area contributed by atoms with Crippen molar-refractivity contribution in [1.82, 2.24) is 20.1 Å². The van der Waals surface area contributed by atoms with Gasteiger partial charge in [-0.05, 0) is 18.8 Å². The highest BCUT2D eigenvalue weighted by Gasteiger charge is 2.20. The number of amides is 1. The third-order valence-electron chi connectivity index (χ3n) is 4.54. The Kier molecular flexibility index (Phi) is 8.51. The molecule has 0 aliphatic rings. The number of nitrogens with one attached hydrogen (secondary N) is 1. The normalized spacial score (nSPS) is 13.6. The average molecular weight is 322 g/mol. The van der Waals surface area contributed by atoms with Crippen molar-refractivity contribution < 1.29 is 9.59 Å². The number of aryl methyl sites for hydroxylation is 1. The van der Waals surface area contributed by atoms with Crippen LogP contribution < -0.4 is 5.32 Å². The second-order valence-corrected chi connectivity index (χ2v) is 6.25. The second kappa shape index (κ2) is 10.1. The van der Waals surface area contributed by atoms with E-state index in [0.717, 1.165) is 36.7 Å². The van der Waals surface area contributed by atoms with E-state index < -0.39 is 0 Å². The Labute approximate surface area is 139 Å². The number of carbonyl (C=O) groups is 2. The van der Waals surface area contributed by atoms with Crippen molar-refractivity contribution in [2.75, 3.05) is 7.05 Å². The Bertz CT molecular complexity index is 499. The lowest BCUT2D eigenvalue weighted by atomic mass is 9.98. The van der Waals surface area contributed by atoms with Crippen LogP contribution in [0.25, 0.3) is 0 Å². The van der Waals surface area contributed by atoms with Gasteiger partial charge in [-0.1, -0.05) is 26.7 Å². The second-order valence-electron chi connectivity index (χ2n) is 6.25. The molecule has 6 heteroatoms. The molecule has 0 aliphatic carbocycles. The Balaban J connectivity index is 2.69. The minimum atomic E-state index is -0.0504. The Morgan fingerprint density at radius 1 is 1.35 bits per heavy atom. The van der Waals surface area contributed by atoms with Gasteiger partial charge in [0.1, 0.15) is 17.9 Å². The first-order valence-electron chi connectivity index (χ1n) is 8.55. The largest absolute Gasteiger partial charge is 0.359 e. The number of nitrogens with zero attached hydrogens (tertiary/aromatic N) is 3. The van der Waals surface area contributed by atoms with Crippen LogP contribution in [0.15, 0.2) is 0 Å². The van der Waals surface area contributed by atoms with Crippen molar-refractivity contribution in [1.29, 1.82) is 0 Å². The number of aromatic nitrogens is 3. The highest BCUT2D eigenvalue weighted by Crippen LogP contribution is 2.23. The summed E-state index contributed by atoms with van der Waals surface area (Å²) in [5, 5.41) is 11.2. The van der Waals surface area contributed by atoms with E-state index in [2.05, 4.69) is 29.4 Å². The summed E-state index contributed by atoms with van der Waals surface area (Å²) in [4.78, 5) is 22.4. The number of rotatable bonds is 11. The van der Waals surface area contributed by atoms with Crippen LogP contribution in [0, 0.1) is 5.92 Å². The smallest absolute Gasteiger partial charge is 0.219 e. The lowest BCUT2D eigenvalue weighted by Gasteiger charge is -2.13. The maximum absolute atomic E-state index is 11.4. The molecule has 2 atom stereocenters. The molecule has 0 radical (unpaired) electrons. The summed E-state index contributed by atoms with van der Waals surface area (Å²) in [5.41, 5.74) is 0. The van der Waals surface area contributed by atoms with Gasteiger partial charge in [0.15, 0.2) is 0 Å². The summed E-state index contributed by atoms with van der Waals surface area (Å²) in [5.74, 6) is 2.43. The monoisotopic (exact) mass is 322 g/mol. The molecule has 0 saturated carbocycles. The summed E-state index contributed by atoms with van der Waals surface area (Å²) in [6.07, 6.45) is 6.65. The van der Waals surface area contributed by atoms with E-state index in [4.69, 9.17) is 0 Å². The van der Waals surface area contributed by atoms with Crippen LogP contribution in [-0.4, -0.2) is 34.0 Å². The molecule has 1 rings (SSSR count). The van der Waals surface area contributed by atoms with Gasteiger partial charge in [0.05, 0.1) is 0 Å². The van der Waals surface area contributed by atoms with E-state index in [-0.39, 0.29) is 11.8 Å². The standard InChI is InChI=1S/C17H30N4O2/c1-5-13(2)7-6-8-15-19-20-17(21(15)4)14(11-12-22)9-10-16(23)18-3/h12-14H,5-11H2,1-4H3,(H,18,23). The van der Waals surface area contributed by atoms with Crippen LogP contribution in [0.5, 0.6) is 0 Å². The first kappa shape index (κ1) is 19.3. The highest BCUT2D eigenvalue weighted by molar-refractivity contribution is 5.75. The van der Waals surface area contributed by atoms with E-state index in [0.29, 0.717) is 19.3 Å². The highest BCUT2D eigenvalue weighted by atomic mass is 16.1. The maximum Gasteiger partial charge on any atom is 0.219 e. The van der Waals surface area contributed by atoms with Crippen molar-refractivity contribution in [3.63, 3.8) is 0 Å². The molecule has 1 heterocycles. The molecule has 0 fully saturated rings. The molecule has 0 saturated heterocycles. The summed E-state index contributed by atoms with van der Waals surface area (Å²) >= 11 is 0. The molecule has 23 heavy (non-hydrogen) atoms. The van der Waals surface area contributed by atoms with Gasteiger partial charge < -0.3 is 14.7 Å². The molecular weight excluding hydrogens is 292 g/mol. The molecule has 6 nitrogen and oxygen atoms in total. The summed E-state index contributed by atoms with van der Waals surface area (Å²) in [7, 11) is 3.57.